The first-order valence-electron chi connectivity index (χ1n) is 3.62. The summed E-state index contributed by atoms with van der Waals surface area (Å²) in [5.41, 5.74) is 0. The Morgan fingerprint density at radius 2 is 1.92 bits per heavy atom. The molecule has 0 aliphatic heterocycles. The molecule has 0 saturated carbocycles. The molecule has 0 amide bonds. The normalized spacial score (nSPS) is 11.3. The molecule has 0 saturated heterocycles. The van der Waals surface area contributed by atoms with Crippen molar-refractivity contribution in [1.82, 2.24) is 4.72 Å². The Kier molecular flexibility index (Phi) is 9.32. The molecule has 0 fully saturated rings. The van der Waals surface area contributed by atoms with E-state index in [1.807, 2.05) is 18.6 Å². The van der Waals surface area contributed by atoms with Gasteiger partial charge in [-0.25, -0.2) is 13.1 Å². The average Bonchev–Trinajstić information content (AvgIpc) is 1.78. The van der Waals surface area contributed by atoms with Gasteiger partial charge in [0, 0.05) is 6.54 Å². The summed E-state index contributed by atoms with van der Waals surface area (Å²) in [7, 11) is -4.22. The van der Waals surface area contributed by atoms with Crippen LogP contribution in [-0.4, -0.2) is 19.5 Å². The van der Waals surface area contributed by atoms with Gasteiger partial charge in [-0.05, 0) is 18.8 Å². The molecule has 0 aromatic heterocycles. The minimum atomic E-state index is -4.22. The van der Waals surface area contributed by atoms with Crippen molar-refractivity contribution < 1.29 is 42.5 Å². The van der Waals surface area contributed by atoms with Gasteiger partial charge in [-0.2, -0.15) is 0 Å². The van der Waals surface area contributed by atoms with Crippen molar-refractivity contribution in [2.24, 2.45) is 5.92 Å². The van der Waals surface area contributed by atoms with E-state index < -0.39 is 10.3 Å². The zero-order chi connectivity index (χ0) is 8.91. The molecule has 0 rings (SSSR count). The van der Waals surface area contributed by atoms with Gasteiger partial charge in [0.15, 0.2) is 10.3 Å². The van der Waals surface area contributed by atoms with Crippen LogP contribution >= 0.6 is 0 Å². The molecule has 0 spiro atoms. The molecule has 0 radical (unpaired) electrons. The smallest absolute Gasteiger partial charge is 0.735 e. The topological polar surface area (TPSA) is 69.2 Å². The fourth-order valence-electron chi connectivity index (χ4n) is 0.707. The van der Waals surface area contributed by atoms with Crippen LogP contribution in [0.15, 0.2) is 0 Å². The molecule has 0 bridgehead atoms. The number of hydrogen-bond donors (Lipinski definition) is 1. The van der Waals surface area contributed by atoms with Gasteiger partial charge in [0.1, 0.15) is 0 Å². The van der Waals surface area contributed by atoms with Crippen molar-refractivity contribution in [3.05, 3.63) is 0 Å². The van der Waals surface area contributed by atoms with Crippen LogP contribution in [0.4, 0.5) is 0 Å². The summed E-state index contributed by atoms with van der Waals surface area (Å²) in [6.45, 7) is 4.35. The molecule has 0 aromatic rings. The van der Waals surface area contributed by atoms with Crippen LogP contribution in [-0.2, 0) is 10.3 Å². The summed E-state index contributed by atoms with van der Waals surface area (Å²) >= 11 is 0. The van der Waals surface area contributed by atoms with Crippen molar-refractivity contribution in [2.45, 2.75) is 26.7 Å². The summed E-state index contributed by atoms with van der Waals surface area (Å²) in [6.07, 6.45) is 1.65. The fraction of sp³-hybridized carbons (Fsp3) is 1.00. The summed E-state index contributed by atoms with van der Waals surface area (Å²) in [4.78, 5) is 0. The van der Waals surface area contributed by atoms with Crippen LogP contribution in [0, 0.1) is 5.92 Å². The Balaban J connectivity index is 0. The van der Waals surface area contributed by atoms with E-state index in [1.165, 1.54) is 0 Å². The Morgan fingerprint density at radius 3 is 2.25 bits per heavy atom. The maximum atomic E-state index is 10.0. The Labute approximate surface area is 96.3 Å². The zero-order valence-electron chi connectivity index (χ0n) is 7.83. The van der Waals surface area contributed by atoms with Gasteiger partial charge in [-0.3, -0.25) is 0 Å². The summed E-state index contributed by atoms with van der Waals surface area (Å²) in [6, 6.07) is 0. The van der Waals surface area contributed by atoms with Crippen molar-refractivity contribution in [1.29, 1.82) is 0 Å². The van der Waals surface area contributed by atoms with Crippen LogP contribution in [0.2, 0.25) is 0 Å². The number of rotatable bonds is 5. The van der Waals surface area contributed by atoms with Crippen molar-refractivity contribution >= 4 is 10.3 Å². The third-order valence-corrected chi connectivity index (χ3v) is 1.79. The van der Waals surface area contributed by atoms with Gasteiger partial charge < -0.3 is 4.55 Å². The second-order valence-electron chi connectivity index (χ2n) is 2.88. The first kappa shape index (κ1) is 15.3. The summed E-state index contributed by atoms with van der Waals surface area (Å²) < 4.78 is 31.9. The van der Waals surface area contributed by atoms with Crippen LogP contribution in [0.25, 0.3) is 0 Å². The predicted octanol–water partition coefficient (Wildman–Crippen LogP) is -2.52. The van der Waals surface area contributed by atoms with Crippen LogP contribution in [0.5, 0.6) is 0 Å². The molecule has 0 unspecified atom stereocenters. The molecule has 0 aliphatic carbocycles. The van der Waals surface area contributed by atoms with Crippen molar-refractivity contribution in [2.75, 3.05) is 6.54 Å². The van der Waals surface area contributed by atoms with Gasteiger partial charge in [0.2, 0.25) is 0 Å². The molecule has 0 aliphatic rings. The summed E-state index contributed by atoms with van der Waals surface area (Å²) in [5.74, 6) is 0.547. The molecule has 0 aromatic carbocycles. The maximum Gasteiger partial charge on any atom is 1.00 e. The van der Waals surface area contributed by atoms with Gasteiger partial charge in [-0.15, -0.1) is 0 Å². The van der Waals surface area contributed by atoms with Gasteiger partial charge in [-0.1, -0.05) is 13.8 Å². The molecule has 4 nitrogen and oxygen atoms in total. The fourth-order valence-corrected chi connectivity index (χ4v) is 1.10. The number of nitrogens with one attached hydrogen (secondary N) is 1. The molecule has 68 valence electrons. The van der Waals surface area contributed by atoms with E-state index in [0.29, 0.717) is 5.92 Å². The molecular formula is C6H14NNaO3S. The average molecular weight is 203 g/mol. The predicted molar refractivity (Wildman–Crippen MR) is 41.8 cm³/mol. The zero-order valence-corrected chi connectivity index (χ0v) is 10.6. The number of hydrogen-bond acceptors (Lipinski definition) is 3. The molecular weight excluding hydrogens is 189 g/mol. The van der Waals surface area contributed by atoms with E-state index in [1.54, 1.807) is 0 Å². The van der Waals surface area contributed by atoms with Gasteiger partial charge in [0.05, 0.1) is 0 Å². The second-order valence-corrected chi connectivity index (χ2v) is 4.08. The molecule has 0 heterocycles. The standard InChI is InChI=1S/C6H15NO3S.Na/c1-6(2)4-3-5-7-11(8,9)10;/h6-7H,3-5H2,1-2H3,(H,8,9,10);/q;+1/p-1. The van der Waals surface area contributed by atoms with E-state index >= 15 is 0 Å². The molecule has 0 atom stereocenters. The van der Waals surface area contributed by atoms with Gasteiger partial charge in [0.25, 0.3) is 0 Å². The third kappa shape index (κ3) is 13.5. The minimum absolute atomic E-state index is 0. The second kappa shape index (κ2) is 7.29. The first-order valence-corrected chi connectivity index (χ1v) is 5.03. The monoisotopic (exact) mass is 203 g/mol. The SMILES string of the molecule is CC(C)CCCNS(=O)(=O)[O-].[Na+]. The molecule has 1 N–H and O–H groups in total. The van der Waals surface area contributed by atoms with E-state index in [9.17, 15) is 13.0 Å². The van der Waals surface area contributed by atoms with Gasteiger partial charge >= 0.3 is 29.6 Å². The third-order valence-electron chi connectivity index (χ3n) is 1.24. The molecule has 12 heavy (non-hydrogen) atoms. The first-order chi connectivity index (χ1) is 4.92. The Hall–Kier alpha value is 0.870. The van der Waals surface area contributed by atoms with Crippen LogP contribution in [0.3, 0.4) is 0 Å². The quantitative estimate of drug-likeness (QED) is 0.304. The largest absolute Gasteiger partial charge is 1.00 e. The summed E-state index contributed by atoms with van der Waals surface area (Å²) in [5, 5.41) is 0. The van der Waals surface area contributed by atoms with E-state index in [-0.39, 0.29) is 36.1 Å². The molecule has 6 heteroatoms. The van der Waals surface area contributed by atoms with Crippen LogP contribution < -0.4 is 34.3 Å². The van der Waals surface area contributed by atoms with Crippen molar-refractivity contribution in [3.8, 4) is 0 Å². The minimum Gasteiger partial charge on any atom is -0.735 e. The van der Waals surface area contributed by atoms with Crippen molar-refractivity contribution in [3.63, 3.8) is 0 Å². The van der Waals surface area contributed by atoms with E-state index in [0.717, 1.165) is 12.8 Å². The maximum absolute atomic E-state index is 10.0. The Bertz CT molecular complexity index is 191. The van der Waals surface area contributed by atoms with Crippen LogP contribution in [0.1, 0.15) is 26.7 Å². The van der Waals surface area contributed by atoms with E-state index in [2.05, 4.69) is 0 Å². The Morgan fingerprint density at radius 1 is 1.42 bits per heavy atom. The van der Waals surface area contributed by atoms with E-state index in [4.69, 9.17) is 0 Å².